The van der Waals surface area contributed by atoms with Crippen LogP contribution in [0.4, 0.5) is 5.69 Å². The minimum absolute atomic E-state index is 0.102. The van der Waals surface area contributed by atoms with Gasteiger partial charge in [-0.05, 0) is 43.2 Å². The first kappa shape index (κ1) is 18.1. The van der Waals surface area contributed by atoms with Gasteiger partial charge >= 0.3 is 5.97 Å². The Morgan fingerprint density at radius 2 is 1.79 bits per heavy atom. The summed E-state index contributed by atoms with van der Waals surface area (Å²) < 4.78 is 27.6. The molecule has 0 bridgehead atoms. The van der Waals surface area contributed by atoms with E-state index in [1.54, 1.807) is 24.3 Å². The molecule has 1 heterocycles. The van der Waals surface area contributed by atoms with Crippen molar-refractivity contribution in [1.82, 2.24) is 4.98 Å². The number of amides is 1. The predicted octanol–water partition coefficient (Wildman–Crippen LogP) is 2.18. The molecule has 1 amide bonds. The number of carboxylic acids is 1. The molecule has 2 aromatic carbocycles. The maximum absolute atomic E-state index is 12.6. The number of hydrogen-bond donors (Lipinski definition) is 4. The number of benzene rings is 2. The van der Waals surface area contributed by atoms with Crippen molar-refractivity contribution in [3.8, 4) is 0 Å². The second-order valence-corrected chi connectivity index (χ2v) is 8.49. The van der Waals surface area contributed by atoms with Gasteiger partial charge < -0.3 is 15.8 Å². The highest BCUT2D eigenvalue weighted by Crippen LogP contribution is 2.52. The van der Waals surface area contributed by atoms with Gasteiger partial charge in [0.15, 0.2) is 0 Å². The smallest absolute Gasteiger partial charge is 0.352 e. The fourth-order valence-electron chi connectivity index (χ4n) is 3.47. The zero-order chi connectivity index (χ0) is 20.1. The number of carbonyl (C=O) groups is 2. The number of nitrogens with two attached hydrogens (primary N) is 1. The molecule has 1 aliphatic rings. The van der Waals surface area contributed by atoms with Crippen molar-refractivity contribution in [1.29, 1.82) is 0 Å². The Labute approximate surface area is 160 Å². The van der Waals surface area contributed by atoms with Crippen LogP contribution in [0.1, 0.15) is 28.9 Å². The second kappa shape index (κ2) is 6.10. The van der Waals surface area contributed by atoms with Gasteiger partial charge in [-0.3, -0.25) is 9.52 Å². The molecule has 0 atom stereocenters. The third kappa shape index (κ3) is 2.80. The van der Waals surface area contributed by atoms with Gasteiger partial charge in [-0.1, -0.05) is 18.2 Å². The van der Waals surface area contributed by atoms with E-state index in [1.165, 1.54) is 24.3 Å². The van der Waals surface area contributed by atoms with Crippen molar-refractivity contribution >= 4 is 38.5 Å². The Morgan fingerprint density at radius 3 is 2.36 bits per heavy atom. The van der Waals surface area contributed by atoms with Crippen LogP contribution in [0.15, 0.2) is 53.4 Å². The van der Waals surface area contributed by atoms with Gasteiger partial charge in [-0.25, -0.2) is 13.2 Å². The van der Waals surface area contributed by atoms with E-state index in [-0.39, 0.29) is 16.3 Å². The Hall–Kier alpha value is -3.33. The highest BCUT2D eigenvalue weighted by atomic mass is 32.2. The van der Waals surface area contributed by atoms with E-state index in [1.807, 2.05) is 0 Å². The summed E-state index contributed by atoms with van der Waals surface area (Å²) in [4.78, 5) is 26.6. The number of nitrogens with one attached hydrogen (secondary N) is 2. The largest absolute Gasteiger partial charge is 0.477 e. The predicted molar refractivity (Wildman–Crippen MR) is 103 cm³/mol. The molecule has 1 aliphatic carbocycles. The number of sulfonamides is 1. The molecule has 0 radical (unpaired) electrons. The SMILES string of the molecule is NC(=O)C1(c2c(C(=O)O)[nH]c3ccc(NS(=O)(=O)c4ccccc4)cc23)CC1. The zero-order valence-corrected chi connectivity index (χ0v) is 15.4. The fourth-order valence-corrected chi connectivity index (χ4v) is 4.54. The molecule has 1 fully saturated rings. The summed E-state index contributed by atoms with van der Waals surface area (Å²) in [6.45, 7) is 0. The third-order valence-corrected chi connectivity index (χ3v) is 6.42. The van der Waals surface area contributed by atoms with Crippen molar-refractivity contribution in [3.05, 3.63) is 59.8 Å². The Bertz CT molecular complexity index is 1210. The molecule has 1 aromatic heterocycles. The number of anilines is 1. The van der Waals surface area contributed by atoms with Crippen molar-refractivity contribution in [3.63, 3.8) is 0 Å². The quantitative estimate of drug-likeness (QED) is 0.502. The minimum Gasteiger partial charge on any atom is -0.477 e. The molecule has 9 heteroatoms. The zero-order valence-electron chi connectivity index (χ0n) is 14.6. The summed E-state index contributed by atoms with van der Waals surface area (Å²) in [6.07, 6.45) is 0.908. The lowest BCUT2D eigenvalue weighted by Crippen LogP contribution is -2.29. The molecule has 8 nitrogen and oxygen atoms in total. The van der Waals surface area contributed by atoms with Gasteiger partial charge in [0.05, 0.1) is 10.3 Å². The van der Waals surface area contributed by atoms with E-state index in [0.29, 0.717) is 29.3 Å². The molecule has 28 heavy (non-hydrogen) atoms. The standard InChI is InChI=1S/C19H17N3O5S/c20-18(25)19(8-9-19)15-13-10-11(6-7-14(13)21-16(15)17(23)24)22-28(26,27)12-4-2-1-3-5-12/h1-7,10,21-22H,8-9H2,(H2,20,25)(H,23,24). The molecule has 0 unspecified atom stereocenters. The normalized spacial score (nSPS) is 15.3. The van der Waals surface area contributed by atoms with E-state index in [9.17, 15) is 23.1 Å². The highest BCUT2D eigenvalue weighted by Gasteiger charge is 2.53. The van der Waals surface area contributed by atoms with Crippen LogP contribution in [0, 0.1) is 0 Å². The topological polar surface area (TPSA) is 142 Å². The molecular formula is C19H17N3O5S. The summed E-state index contributed by atoms with van der Waals surface area (Å²) in [5, 5.41) is 10.0. The number of carboxylic acid groups (broad SMARTS) is 1. The van der Waals surface area contributed by atoms with Gasteiger partial charge in [-0.2, -0.15) is 0 Å². The van der Waals surface area contributed by atoms with Crippen molar-refractivity contribution in [2.24, 2.45) is 5.73 Å². The average Bonchev–Trinajstić information content (AvgIpc) is 3.37. The highest BCUT2D eigenvalue weighted by molar-refractivity contribution is 7.92. The van der Waals surface area contributed by atoms with E-state index in [0.717, 1.165) is 0 Å². The lowest BCUT2D eigenvalue weighted by atomic mass is 9.92. The summed E-state index contributed by atoms with van der Waals surface area (Å²) in [7, 11) is -3.81. The van der Waals surface area contributed by atoms with Gasteiger partial charge in [0.1, 0.15) is 5.69 Å². The van der Waals surface area contributed by atoms with E-state index in [4.69, 9.17) is 5.73 Å². The number of aromatic nitrogens is 1. The van der Waals surface area contributed by atoms with Gasteiger partial charge in [0.2, 0.25) is 5.91 Å². The number of rotatable bonds is 6. The average molecular weight is 399 g/mol. The summed E-state index contributed by atoms with van der Waals surface area (Å²) in [5.74, 6) is -1.80. The lowest BCUT2D eigenvalue weighted by Gasteiger charge is -2.12. The molecule has 1 saturated carbocycles. The lowest BCUT2D eigenvalue weighted by molar-refractivity contribution is -0.120. The van der Waals surface area contributed by atoms with Crippen molar-refractivity contribution in [2.75, 3.05) is 4.72 Å². The Morgan fingerprint density at radius 1 is 1.11 bits per heavy atom. The van der Waals surface area contributed by atoms with Crippen LogP contribution in [-0.2, 0) is 20.2 Å². The first-order valence-corrected chi connectivity index (χ1v) is 10.0. The second-order valence-electron chi connectivity index (χ2n) is 6.81. The molecule has 0 saturated heterocycles. The van der Waals surface area contributed by atoms with Gasteiger partial charge in [0.25, 0.3) is 10.0 Å². The number of H-pyrrole nitrogens is 1. The van der Waals surface area contributed by atoms with Gasteiger partial charge in [0, 0.05) is 22.2 Å². The number of carbonyl (C=O) groups excluding carboxylic acids is 1. The van der Waals surface area contributed by atoms with E-state index >= 15 is 0 Å². The molecule has 3 aromatic rings. The molecule has 5 N–H and O–H groups in total. The molecule has 0 aliphatic heterocycles. The minimum atomic E-state index is -3.81. The Kier molecular flexibility index (Phi) is 3.93. The number of aromatic carboxylic acids is 1. The van der Waals surface area contributed by atoms with Crippen LogP contribution in [-0.4, -0.2) is 30.4 Å². The number of aromatic amines is 1. The maximum Gasteiger partial charge on any atom is 0.352 e. The summed E-state index contributed by atoms with van der Waals surface area (Å²) >= 11 is 0. The van der Waals surface area contributed by atoms with Crippen LogP contribution < -0.4 is 10.5 Å². The molecule has 4 rings (SSSR count). The Balaban J connectivity index is 1.83. The van der Waals surface area contributed by atoms with Crippen LogP contribution in [0.3, 0.4) is 0 Å². The van der Waals surface area contributed by atoms with Crippen LogP contribution >= 0.6 is 0 Å². The molecule has 0 spiro atoms. The number of fused-ring (bicyclic) bond motifs is 1. The number of hydrogen-bond acceptors (Lipinski definition) is 4. The van der Waals surface area contributed by atoms with Crippen LogP contribution in [0.5, 0.6) is 0 Å². The van der Waals surface area contributed by atoms with Crippen molar-refractivity contribution < 1.29 is 23.1 Å². The molecule has 144 valence electrons. The molecular weight excluding hydrogens is 382 g/mol. The fraction of sp³-hybridized carbons (Fsp3) is 0.158. The first-order chi connectivity index (χ1) is 13.2. The van der Waals surface area contributed by atoms with Gasteiger partial charge in [-0.15, -0.1) is 0 Å². The van der Waals surface area contributed by atoms with Crippen LogP contribution in [0.25, 0.3) is 10.9 Å². The number of primary amides is 1. The maximum atomic E-state index is 12.6. The van der Waals surface area contributed by atoms with E-state index < -0.39 is 27.3 Å². The summed E-state index contributed by atoms with van der Waals surface area (Å²) in [5.41, 5.74) is 5.46. The first-order valence-electron chi connectivity index (χ1n) is 8.52. The third-order valence-electron chi connectivity index (χ3n) is 5.02. The monoisotopic (exact) mass is 399 g/mol. The van der Waals surface area contributed by atoms with E-state index in [2.05, 4.69) is 9.71 Å². The van der Waals surface area contributed by atoms with Crippen molar-refractivity contribution in [2.45, 2.75) is 23.2 Å². The van der Waals surface area contributed by atoms with Crippen LogP contribution in [0.2, 0.25) is 0 Å². The summed E-state index contributed by atoms with van der Waals surface area (Å²) in [6, 6.07) is 12.5.